The molecule has 1 N–H and O–H groups in total. The second kappa shape index (κ2) is 11.3. The van der Waals surface area contributed by atoms with Crippen LogP contribution in [0.1, 0.15) is 53.3 Å². The molecule has 0 aliphatic heterocycles. The molecule has 0 spiro atoms. The standard InChI is InChI=1S/C24H24Cl2F3N3O2/c1-3-15(2)30-23(33)20-14-34-21(31-20)13-32(12-17-7-5-9-19(25)22(17)26)11-16-6-4-8-18(10-16)24(27,28)29/h4-10,14-15H,3,11-13H2,1-2H3,(H,30,33). The number of oxazole rings is 1. The van der Waals surface area contributed by atoms with E-state index in [4.69, 9.17) is 27.6 Å². The van der Waals surface area contributed by atoms with Gasteiger partial charge in [0.25, 0.3) is 5.91 Å². The predicted octanol–water partition coefficient (Wildman–Crippen LogP) is 6.73. The monoisotopic (exact) mass is 513 g/mol. The van der Waals surface area contributed by atoms with Crippen LogP contribution in [0.5, 0.6) is 0 Å². The number of benzene rings is 2. The third-order valence-corrected chi connectivity index (χ3v) is 6.08. The van der Waals surface area contributed by atoms with Crippen molar-refractivity contribution in [3.8, 4) is 0 Å². The molecule has 3 rings (SSSR count). The van der Waals surface area contributed by atoms with E-state index in [0.717, 1.165) is 18.6 Å². The quantitative estimate of drug-likeness (QED) is 0.344. The summed E-state index contributed by atoms with van der Waals surface area (Å²) < 4.78 is 45.0. The van der Waals surface area contributed by atoms with E-state index in [0.29, 0.717) is 21.2 Å². The Bertz CT molecular complexity index is 1130. The summed E-state index contributed by atoms with van der Waals surface area (Å²) in [6, 6.07) is 10.3. The van der Waals surface area contributed by atoms with Crippen LogP contribution in [0.2, 0.25) is 10.0 Å². The summed E-state index contributed by atoms with van der Waals surface area (Å²) in [4.78, 5) is 18.4. The molecular formula is C24H24Cl2F3N3O2. The van der Waals surface area contributed by atoms with E-state index >= 15 is 0 Å². The third-order valence-electron chi connectivity index (χ3n) is 5.22. The van der Waals surface area contributed by atoms with Gasteiger partial charge in [-0.25, -0.2) is 4.98 Å². The highest BCUT2D eigenvalue weighted by molar-refractivity contribution is 6.42. The summed E-state index contributed by atoms with van der Waals surface area (Å²) in [6.45, 7) is 4.39. The highest BCUT2D eigenvalue weighted by atomic mass is 35.5. The van der Waals surface area contributed by atoms with Gasteiger partial charge in [0.15, 0.2) is 5.69 Å². The van der Waals surface area contributed by atoms with Gasteiger partial charge in [0.2, 0.25) is 5.89 Å². The first-order valence-corrected chi connectivity index (χ1v) is 11.4. The smallest absolute Gasteiger partial charge is 0.416 e. The minimum absolute atomic E-state index is 0.0185. The molecule has 0 aliphatic rings. The number of rotatable bonds is 9. The molecule has 0 bridgehead atoms. The molecule has 0 radical (unpaired) electrons. The molecule has 182 valence electrons. The van der Waals surface area contributed by atoms with Crippen molar-refractivity contribution in [3.05, 3.63) is 87.0 Å². The van der Waals surface area contributed by atoms with Gasteiger partial charge in [-0.3, -0.25) is 9.69 Å². The molecular weight excluding hydrogens is 490 g/mol. The molecule has 1 atom stereocenters. The van der Waals surface area contributed by atoms with Crippen molar-refractivity contribution in [3.63, 3.8) is 0 Å². The topological polar surface area (TPSA) is 58.4 Å². The first kappa shape index (κ1) is 26.1. The maximum atomic E-state index is 13.2. The van der Waals surface area contributed by atoms with Crippen molar-refractivity contribution >= 4 is 29.1 Å². The second-order valence-electron chi connectivity index (χ2n) is 7.97. The fraction of sp³-hybridized carbons (Fsp3) is 0.333. The zero-order valence-corrected chi connectivity index (χ0v) is 20.1. The van der Waals surface area contributed by atoms with Crippen molar-refractivity contribution < 1.29 is 22.4 Å². The molecule has 0 saturated carbocycles. The molecule has 1 heterocycles. The largest absolute Gasteiger partial charge is 0.447 e. The number of hydrogen-bond acceptors (Lipinski definition) is 4. The molecule has 2 aromatic carbocycles. The Labute approximate surface area is 205 Å². The molecule has 1 amide bonds. The van der Waals surface area contributed by atoms with Crippen LogP contribution in [0.25, 0.3) is 0 Å². The number of nitrogens with one attached hydrogen (secondary N) is 1. The lowest BCUT2D eigenvalue weighted by Crippen LogP contribution is -2.32. The molecule has 1 aromatic heterocycles. The number of carbonyl (C=O) groups excluding carboxylic acids is 1. The van der Waals surface area contributed by atoms with E-state index in [1.807, 2.05) is 18.7 Å². The average molecular weight is 514 g/mol. The minimum atomic E-state index is -4.45. The predicted molar refractivity (Wildman–Crippen MR) is 125 cm³/mol. The van der Waals surface area contributed by atoms with Crippen LogP contribution < -0.4 is 5.32 Å². The van der Waals surface area contributed by atoms with Crippen LogP contribution >= 0.6 is 23.2 Å². The minimum Gasteiger partial charge on any atom is -0.447 e. The average Bonchev–Trinajstić information content (AvgIpc) is 3.25. The first-order chi connectivity index (χ1) is 16.1. The van der Waals surface area contributed by atoms with Crippen LogP contribution in [-0.4, -0.2) is 21.8 Å². The Morgan fingerprint density at radius 1 is 1.15 bits per heavy atom. The zero-order valence-electron chi connectivity index (χ0n) is 18.6. The summed E-state index contributed by atoms with van der Waals surface area (Å²) in [6.07, 6.45) is -2.42. The fourth-order valence-electron chi connectivity index (χ4n) is 3.26. The van der Waals surface area contributed by atoms with Crippen LogP contribution in [0.4, 0.5) is 13.2 Å². The lowest BCUT2D eigenvalue weighted by atomic mass is 10.1. The van der Waals surface area contributed by atoms with Crippen LogP contribution in [0.15, 0.2) is 53.1 Å². The van der Waals surface area contributed by atoms with Crippen molar-refractivity contribution in [2.75, 3.05) is 0 Å². The molecule has 10 heteroatoms. The lowest BCUT2D eigenvalue weighted by molar-refractivity contribution is -0.137. The first-order valence-electron chi connectivity index (χ1n) is 10.6. The van der Waals surface area contributed by atoms with Crippen LogP contribution in [0.3, 0.4) is 0 Å². The summed E-state index contributed by atoms with van der Waals surface area (Å²) in [5, 5.41) is 3.55. The molecule has 1 unspecified atom stereocenters. The van der Waals surface area contributed by atoms with Crippen molar-refractivity contribution in [1.29, 1.82) is 0 Å². The highest BCUT2D eigenvalue weighted by Crippen LogP contribution is 2.31. The molecule has 34 heavy (non-hydrogen) atoms. The molecule has 0 saturated heterocycles. The SMILES string of the molecule is CCC(C)NC(=O)c1coc(CN(Cc2cccc(C(F)(F)F)c2)Cc2cccc(Cl)c2Cl)n1. The zero-order chi connectivity index (χ0) is 24.9. The summed E-state index contributed by atoms with van der Waals surface area (Å²) in [5.74, 6) is -0.105. The Balaban J connectivity index is 1.84. The Hall–Kier alpha value is -2.55. The Kier molecular flexibility index (Phi) is 8.62. The summed E-state index contributed by atoms with van der Waals surface area (Å²) in [7, 11) is 0. The van der Waals surface area contributed by atoms with Crippen molar-refractivity contribution in [2.24, 2.45) is 0 Å². The third kappa shape index (κ3) is 6.98. The van der Waals surface area contributed by atoms with Crippen LogP contribution in [0, 0.1) is 0 Å². The van der Waals surface area contributed by atoms with Gasteiger partial charge in [0.1, 0.15) is 6.26 Å². The number of amides is 1. The van der Waals surface area contributed by atoms with Crippen molar-refractivity contribution in [1.82, 2.24) is 15.2 Å². The Morgan fingerprint density at radius 3 is 2.59 bits per heavy atom. The number of alkyl halides is 3. The van der Waals surface area contributed by atoms with Gasteiger partial charge in [0, 0.05) is 19.1 Å². The van der Waals surface area contributed by atoms with E-state index in [9.17, 15) is 18.0 Å². The molecule has 5 nitrogen and oxygen atoms in total. The number of aromatic nitrogens is 1. The van der Waals surface area contributed by atoms with Gasteiger partial charge in [-0.1, -0.05) is 60.5 Å². The van der Waals surface area contributed by atoms with Gasteiger partial charge in [-0.05, 0) is 36.6 Å². The second-order valence-corrected chi connectivity index (χ2v) is 8.75. The van der Waals surface area contributed by atoms with Gasteiger partial charge >= 0.3 is 6.18 Å². The van der Waals surface area contributed by atoms with Gasteiger partial charge < -0.3 is 9.73 Å². The summed E-state index contributed by atoms with van der Waals surface area (Å²) in [5.41, 5.74) is 0.553. The Morgan fingerprint density at radius 2 is 1.88 bits per heavy atom. The van der Waals surface area contributed by atoms with E-state index in [-0.39, 0.29) is 43.2 Å². The number of carbonyl (C=O) groups is 1. The number of hydrogen-bond donors (Lipinski definition) is 1. The highest BCUT2D eigenvalue weighted by Gasteiger charge is 2.30. The number of nitrogens with zero attached hydrogens (tertiary/aromatic N) is 2. The molecule has 0 fully saturated rings. The van der Waals surface area contributed by atoms with Gasteiger partial charge in [-0.2, -0.15) is 13.2 Å². The number of halogens is 5. The van der Waals surface area contributed by atoms with E-state index in [2.05, 4.69) is 10.3 Å². The maximum Gasteiger partial charge on any atom is 0.416 e. The van der Waals surface area contributed by atoms with Gasteiger partial charge in [-0.15, -0.1) is 0 Å². The van der Waals surface area contributed by atoms with E-state index < -0.39 is 11.7 Å². The van der Waals surface area contributed by atoms with Crippen LogP contribution in [-0.2, 0) is 25.8 Å². The summed E-state index contributed by atoms with van der Waals surface area (Å²) >= 11 is 12.5. The fourth-order valence-corrected chi connectivity index (χ4v) is 3.64. The molecule has 3 aromatic rings. The maximum absolute atomic E-state index is 13.2. The van der Waals surface area contributed by atoms with Gasteiger partial charge in [0.05, 0.1) is 22.2 Å². The van der Waals surface area contributed by atoms with E-state index in [1.165, 1.54) is 12.3 Å². The van der Waals surface area contributed by atoms with Crippen molar-refractivity contribution in [2.45, 2.75) is 52.1 Å². The van der Waals surface area contributed by atoms with E-state index in [1.54, 1.807) is 24.3 Å². The normalized spacial score (nSPS) is 12.7. The lowest BCUT2D eigenvalue weighted by Gasteiger charge is -2.22. The molecule has 0 aliphatic carbocycles.